The van der Waals surface area contributed by atoms with Gasteiger partial charge in [-0.05, 0) is 48.8 Å². The molecule has 2 saturated carbocycles. The van der Waals surface area contributed by atoms with Gasteiger partial charge in [0.1, 0.15) is 11.6 Å². The van der Waals surface area contributed by atoms with Gasteiger partial charge in [0.2, 0.25) is 0 Å². The monoisotopic (exact) mass is 287 g/mol. The van der Waals surface area contributed by atoms with Crippen molar-refractivity contribution in [3.05, 3.63) is 47.5 Å². The van der Waals surface area contributed by atoms with Crippen LogP contribution in [0.5, 0.6) is 0 Å². The van der Waals surface area contributed by atoms with E-state index in [0.29, 0.717) is 18.4 Å². The Hall–Kier alpha value is -1.84. The Morgan fingerprint density at radius 1 is 1.19 bits per heavy atom. The van der Waals surface area contributed by atoms with Crippen LogP contribution in [0.15, 0.2) is 36.1 Å². The van der Waals surface area contributed by atoms with Crippen molar-refractivity contribution in [2.75, 3.05) is 0 Å². The summed E-state index contributed by atoms with van der Waals surface area (Å²) < 4.78 is 13.0. The molecule has 0 spiro atoms. The summed E-state index contributed by atoms with van der Waals surface area (Å²) in [4.78, 5) is 14.2. The van der Waals surface area contributed by atoms with Gasteiger partial charge >= 0.3 is 0 Å². The molecule has 2 bridgehead atoms. The predicted octanol–water partition coefficient (Wildman–Crippen LogP) is 3.02. The van der Waals surface area contributed by atoms with Crippen LogP contribution in [-0.2, 0) is 11.3 Å². The summed E-state index contributed by atoms with van der Waals surface area (Å²) in [6, 6.07) is 6.42. The predicted molar refractivity (Wildman–Crippen MR) is 75.8 cm³/mol. The zero-order valence-electron chi connectivity index (χ0n) is 11.7. The molecular weight excluding hydrogens is 269 g/mol. The maximum Gasteiger partial charge on any atom is 0.250 e. The summed E-state index contributed by atoms with van der Waals surface area (Å²) >= 11 is 0. The number of benzene rings is 1. The first kappa shape index (κ1) is 12.9. The van der Waals surface area contributed by atoms with E-state index in [1.54, 1.807) is 12.1 Å². The molecule has 2 fully saturated rings. The molecule has 4 rings (SSSR count). The molecule has 1 aromatic rings. The fraction of sp³-hybridized carbons (Fsp3) is 0.471. The lowest BCUT2D eigenvalue weighted by Gasteiger charge is -2.42. The molecular formula is C17H18FNO2. The van der Waals surface area contributed by atoms with Crippen LogP contribution in [0.3, 0.4) is 0 Å². The summed E-state index contributed by atoms with van der Waals surface area (Å²) in [5.74, 6) is 1.01. The van der Waals surface area contributed by atoms with Gasteiger partial charge in [-0.1, -0.05) is 12.1 Å². The van der Waals surface area contributed by atoms with E-state index in [9.17, 15) is 14.3 Å². The molecule has 21 heavy (non-hydrogen) atoms. The molecule has 0 unspecified atom stereocenters. The third-order valence-corrected chi connectivity index (χ3v) is 5.39. The van der Waals surface area contributed by atoms with Crippen molar-refractivity contribution in [3.63, 3.8) is 0 Å². The number of carbonyl (C=O) groups is 1. The van der Waals surface area contributed by atoms with Gasteiger partial charge in [0, 0.05) is 24.6 Å². The number of rotatable bonds is 2. The average Bonchev–Trinajstić information content (AvgIpc) is 3.06. The summed E-state index contributed by atoms with van der Waals surface area (Å²) in [6.45, 7) is 0.493. The molecule has 2 aliphatic carbocycles. The smallest absolute Gasteiger partial charge is 0.250 e. The normalized spacial score (nSPS) is 34.0. The Kier molecular flexibility index (Phi) is 2.81. The van der Waals surface area contributed by atoms with Crippen molar-refractivity contribution in [1.29, 1.82) is 0 Å². The van der Waals surface area contributed by atoms with Crippen molar-refractivity contribution in [2.45, 2.75) is 31.8 Å². The van der Waals surface area contributed by atoms with E-state index >= 15 is 0 Å². The van der Waals surface area contributed by atoms with Gasteiger partial charge < -0.3 is 10.0 Å². The molecule has 1 heterocycles. The van der Waals surface area contributed by atoms with Crippen LogP contribution >= 0.6 is 0 Å². The topological polar surface area (TPSA) is 40.5 Å². The highest BCUT2D eigenvalue weighted by molar-refractivity contribution is 5.89. The van der Waals surface area contributed by atoms with Crippen LogP contribution < -0.4 is 0 Å². The maximum atomic E-state index is 13.0. The summed E-state index contributed by atoms with van der Waals surface area (Å²) in [7, 11) is 0. The van der Waals surface area contributed by atoms with Crippen molar-refractivity contribution < 1.29 is 14.3 Å². The van der Waals surface area contributed by atoms with Crippen molar-refractivity contribution in [1.82, 2.24) is 4.90 Å². The molecule has 1 amide bonds. The number of aliphatic hydroxyl groups is 1. The van der Waals surface area contributed by atoms with E-state index in [4.69, 9.17) is 0 Å². The number of hydrogen-bond donors (Lipinski definition) is 1. The lowest BCUT2D eigenvalue weighted by Crippen LogP contribution is -2.50. The van der Waals surface area contributed by atoms with Crippen LogP contribution in [0.1, 0.15) is 24.8 Å². The fourth-order valence-electron chi connectivity index (χ4n) is 4.55. The van der Waals surface area contributed by atoms with E-state index in [1.165, 1.54) is 18.2 Å². The molecule has 0 aromatic heterocycles. The summed E-state index contributed by atoms with van der Waals surface area (Å²) in [5.41, 5.74) is 0.932. The van der Waals surface area contributed by atoms with Crippen molar-refractivity contribution in [3.8, 4) is 0 Å². The Morgan fingerprint density at radius 2 is 1.90 bits per heavy atom. The first-order valence-electron chi connectivity index (χ1n) is 7.59. The Morgan fingerprint density at radius 3 is 2.67 bits per heavy atom. The highest BCUT2D eigenvalue weighted by Gasteiger charge is 2.54. The van der Waals surface area contributed by atoms with Crippen LogP contribution in [0.25, 0.3) is 0 Å². The third-order valence-electron chi connectivity index (χ3n) is 5.39. The van der Waals surface area contributed by atoms with E-state index in [1.807, 2.05) is 4.90 Å². The minimum absolute atomic E-state index is 0.113. The SMILES string of the molecule is O=C1C=C(O)[C@@H]2[C@@H]3CC[C@@H](C3)[C@@H]2N1Cc1ccc(F)cc1. The number of amides is 1. The first-order chi connectivity index (χ1) is 10.1. The number of fused-ring (bicyclic) bond motifs is 5. The quantitative estimate of drug-likeness (QED) is 0.908. The lowest BCUT2D eigenvalue weighted by atomic mass is 9.80. The standard InChI is InChI=1S/C17H18FNO2/c18-13-5-1-10(2-6-13)9-19-15(21)8-14(20)16-11-3-4-12(7-11)17(16)19/h1-2,5-6,8,11-12,16-17,20H,3-4,7,9H2/t11-,12+,16+,17+/m1/s1. The van der Waals surface area contributed by atoms with Crippen LogP contribution in [0.2, 0.25) is 0 Å². The van der Waals surface area contributed by atoms with Gasteiger partial charge in [-0.3, -0.25) is 4.79 Å². The minimum Gasteiger partial charge on any atom is -0.512 e. The molecule has 1 aliphatic heterocycles. The second kappa shape index (κ2) is 4.58. The molecule has 1 aromatic carbocycles. The molecule has 1 N–H and O–H groups in total. The lowest BCUT2D eigenvalue weighted by molar-refractivity contribution is -0.133. The van der Waals surface area contributed by atoms with Crippen molar-refractivity contribution >= 4 is 5.91 Å². The number of hydrogen-bond acceptors (Lipinski definition) is 2. The fourth-order valence-corrected chi connectivity index (χ4v) is 4.55. The Balaban J connectivity index is 1.64. The third kappa shape index (κ3) is 1.96. The van der Waals surface area contributed by atoms with Gasteiger partial charge in [-0.15, -0.1) is 0 Å². The van der Waals surface area contributed by atoms with Crippen LogP contribution in [-0.4, -0.2) is 22.0 Å². The Labute approximate surface area is 123 Å². The molecule has 3 nitrogen and oxygen atoms in total. The van der Waals surface area contributed by atoms with Gasteiger partial charge in [0.25, 0.3) is 5.91 Å². The second-order valence-electron chi connectivity index (χ2n) is 6.51. The average molecular weight is 287 g/mol. The highest BCUT2D eigenvalue weighted by atomic mass is 19.1. The number of carbonyl (C=O) groups excluding carboxylic acids is 1. The van der Waals surface area contributed by atoms with E-state index in [-0.39, 0.29) is 29.4 Å². The summed E-state index contributed by atoms with van der Waals surface area (Å²) in [5, 5.41) is 10.2. The number of halogens is 1. The zero-order valence-corrected chi connectivity index (χ0v) is 11.7. The molecule has 4 heteroatoms. The van der Waals surface area contributed by atoms with Gasteiger partial charge in [0.15, 0.2) is 0 Å². The minimum atomic E-state index is -0.265. The van der Waals surface area contributed by atoms with Crippen LogP contribution in [0.4, 0.5) is 4.39 Å². The van der Waals surface area contributed by atoms with Gasteiger partial charge in [-0.2, -0.15) is 0 Å². The van der Waals surface area contributed by atoms with Gasteiger partial charge in [0.05, 0.1) is 0 Å². The van der Waals surface area contributed by atoms with E-state index < -0.39 is 0 Å². The molecule has 4 atom stereocenters. The van der Waals surface area contributed by atoms with Crippen LogP contribution in [0, 0.1) is 23.6 Å². The van der Waals surface area contributed by atoms with E-state index in [0.717, 1.165) is 24.8 Å². The molecule has 3 aliphatic rings. The molecule has 0 radical (unpaired) electrons. The number of aliphatic hydroxyl groups excluding tert-OH is 1. The Bertz CT molecular complexity index is 610. The highest BCUT2D eigenvalue weighted by Crippen LogP contribution is 2.54. The second-order valence-corrected chi connectivity index (χ2v) is 6.51. The maximum absolute atomic E-state index is 13.0. The molecule has 0 saturated heterocycles. The largest absolute Gasteiger partial charge is 0.512 e. The first-order valence-corrected chi connectivity index (χ1v) is 7.59. The van der Waals surface area contributed by atoms with Crippen molar-refractivity contribution in [2.24, 2.45) is 17.8 Å². The van der Waals surface area contributed by atoms with E-state index in [2.05, 4.69) is 0 Å². The number of nitrogens with zero attached hydrogens (tertiary/aromatic N) is 1. The summed E-state index contributed by atoms with van der Waals surface area (Å²) in [6.07, 6.45) is 4.79. The molecule has 110 valence electrons. The van der Waals surface area contributed by atoms with Gasteiger partial charge in [-0.25, -0.2) is 4.39 Å². The zero-order chi connectivity index (χ0) is 14.6.